The molecular weight excluding hydrogens is 462 g/mol. The first-order valence-electron chi connectivity index (χ1n) is 10.4. The molecule has 0 aliphatic rings. The molecule has 34 heavy (non-hydrogen) atoms. The first kappa shape index (κ1) is 24.7. The lowest BCUT2D eigenvalue weighted by Gasteiger charge is -2.22. The number of hydrogen-bond donors (Lipinski definition) is 2. The Bertz CT molecular complexity index is 1190. The molecule has 3 rings (SSSR count). The smallest absolute Gasteiger partial charge is 0.288 e. The number of carbonyl (C=O) groups excluding carboxylic acids is 2. The minimum absolute atomic E-state index is 0.0313. The van der Waals surface area contributed by atoms with E-state index in [4.69, 9.17) is 16.3 Å². The molecule has 1 heterocycles. The number of aryl methyl sites for hydroxylation is 1. The number of carbonyl (C=O) groups is 2. The highest BCUT2D eigenvalue weighted by molar-refractivity contribution is 6.32. The Morgan fingerprint density at radius 1 is 1.21 bits per heavy atom. The lowest BCUT2D eigenvalue weighted by molar-refractivity contribution is -0.384. The van der Waals surface area contributed by atoms with Crippen molar-refractivity contribution < 1.29 is 19.2 Å². The summed E-state index contributed by atoms with van der Waals surface area (Å²) in [5, 5.41) is 16.4. The number of amides is 2. The van der Waals surface area contributed by atoms with E-state index in [-0.39, 0.29) is 22.2 Å². The minimum Gasteiger partial charge on any atom is -0.486 e. The maximum Gasteiger partial charge on any atom is 0.288 e. The Morgan fingerprint density at radius 2 is 1.91 bits per heavy atom. The second kappa shape index (κ2) is 10.8. The average Bonchev–Trinajstić information content (AvgIpc) is 3.21. The van der Waals surface area contributed by atoms with Crippen LogP contribution in [0.4, 0.5) is 11.4 Å². The van der Waals surface area contributed by atoms with Crippen molar-refractivity contribution in [3.05, 3.63) is 81.4 Å². The SMILES string of the molecule is CC(C)C(NC(=O)c1ccc(Cl)c([N+](=O)[O-])c1)C(=O)Nc1ccc(OCc2nccn2C)cc1. The summed E-state index contributed by atoms with van der Waals surface area (Å²) in [6.07, 6.45) is 3.52. The first-order chi connectivity index (χ1) is 16.2. The van der Waals surface area contributed by atoms with Crippen LogP contribution in [0.3, 0.4) is 0 Å². The molecule has 1 aromatic heterocycles. The number of nitro benzene ring substituents is 1. The molecule has 0 aliphatic carbocycles. The quantitative estimate of drug-likeness (QED) is 0.349. The largest absolute Gasteiger partial charge is 0.486 e. The molecule has 11 heteroatoms. The Labute approximate surface area is 201 Å². The van der Waals surface area contributed by atoms with Gasteiger partial charge in [-0.15, -0.1) is 0 Å². The summed E-state index contributed by atoms with van der Waals surface area (Å²) in [5.41, 5.74) is 0.172. The number of hydrogen-bond acceptors (Lipinski definition) is 6. The van der Waals surface area contributed by atoms with Crippen molar-refractivity contribution in [3.63, 3.8) is 0 Å². The highest BCUT2D eigenvalue weighted by Gasteiger charge is 2.26. The molecule has 0 fully saturated rings. The van der Waals surface area contributed by atoms with Gasteiger partial charge in [0.05, 0.1) is 4.92 Å². The number of nitrogens with zero attached hydrogens (tertiary/aromatic N) is 3. The van der Waals surface area contributed by atoms with E-state index in [1.807, 2.05) is 17.8 Å². The van der Waals surface area contributed by atoms with E-state index in [2.05, 4.69) is 15.6 Å². The van der Waals surface area contributed by atoms with Crippen LogP contribution in [0.15, 0.2) is 54.9 Å². The first-order valence-corrected chi connectivity index (χ1v) is 10.8. The second-order valence-electron chi connectivity index (χ2n) is 7.88. The van der Waals surface area contributed by atoms with Gasteiger partial charge >= 0.3 is 0 Å². The van der Waals surface area contributed by atoms with Gasteiger partial charge in [0.2, 0.25) is 5.91 Å². The fourth-order valence-corrected chi connectivity index (χ4v) is 3.28. The van der Waals surface area contributed by atoms with Crippen LogP contribution in [0.25, 0.3) is 0 Å². The van der Waals surface area contributed by atoms with Gasteiger partial charge in [0.1, 0.15) is 29.2 Å². The molecule has 178 valence electrons. The van der Waals surface area contributed by atoms with Crippen molar-refractivity contribution in [2.24, 2.45) is 13.0 Å². The van der Waals surface area contributed by atoms with E-state index < -0.39 is 22.8 Å². The minimum atomic E-state index is -0.874. The molecule has 0 radical (unpaired) electrons. The van der Waals surface area contributed by atoms with E-state index in [9.17, 15) is 19.7 Å². The number of benzene rings is 2. The van der Waals surface area contributed by atoms with Gasteiger partial charge in [-0.25, -0.2) is 4.98 Å². The summed E-state index contributed by atoms with van der Waals surface area (Å²) in [5.74, 6) is 0.102. The van der Waals surface area contributed by atoms with Crippen molar-refractivity contribution >= 4 is 34.8 Å². The van der Waals surface area contributed by atoms with Gasteiger partial charge in [0.25, 0.3) is 11.6 Å². The normalized spacial score (nSPS) is 11.7. The third-order valence-corrected chi connectivity index (χ3v) is 5.37. The molecule has 2 aromatic carbocycles. The topological polar surface area (TPSA) is 128 Å². The van der Waals surface area contributed by atoms with E-state index in [0.717, 1.165) is 11.9 Å². The summed E-state index contributed by atoms with van der Waals surface area (Å²) in [7, 11) is 1.88. The van der Waals surface area contributed by atoms with Crippen molar-refractivity contribution in [1.29, 1.82) is 0 Å². The molecule has 2 amide bonds. The monoisotopic (exact) mass is 485 g/mol. The number of imidazole rings is 1. The Morgan fingerprint density at radius 3 is 2.50 bits per heavy atom. The summed E-state index contributed by atoms with van der Waals surface area (Å²) in [6.45, 7) is 3.87. The molecule has 0 bridgehead atoms. The van der Waals surface area contributed by atoms with Crippen LogP contribution in [0, 0.1) is 16.0 Å². The Kier molecular flexibility index (Phi) is 7.85. The molecule has 1 unspecified atom stereocenters. The van der Waals surface area contributed by atoms with Crippen LogP contribution in [0.1, 0.15) is 30.0 Å². The summed E-state index contributed by atoms with van der Waals surface area (Å²) in [6, 6.07) is 9.65. The molecule has 10 nitrogen and oxygen atoms in total. The Hall–Kier alpha value is -3.92. The number of aromatic nitrogens is 2. The van der Waals surface area contributed by atoms with Crippen LogP contribution in [-0.4, -0.2) is 32.3 Å². The second-order valence-corrected chi connectivity index (χ2v) is 8.28. The predicted molar refractivity (Wildman–Crippen MR) is 127 cm³/mol. The molecular formula is C23H24ClN5O5. The average molecular weight is 486 g/mol. The Balaban J connectivity index is 1.63. The fraction of sp³-hybridized carbons (Fsp3) is 0.261. The van der Waals surface area contributed by atoms with Gasteiger partial charge in [0.15, 0.2) is 0 Å². The van der Waals surface area contributed by atoms with Crippen LogP contribution in [0.2, 0.25) is 5.02 Å². The predicted octanol–water partition coefficient (Wildman–Crippen LogP) is 3.95. The summed E-state index contributed by atoms with van der Waals surface area (Å²) < 4.78 is 7.56. The van der Waals surface area contributed by atoms with Crippen molar-refractivity contribution in [1.82, 2.24) is 14.9 Å². The number of halogens is 1. The van der Waals surface area contributed by atoms with Gasteiger partial charge < -0.3 is 19.9 Å². The zero-order valence-corrected chi connectivity index (χ0v) is 19.6. The van der Waals surface area contributed by atoms with E-state index >= 15 is 0 Å². The fourth-order valence-electron chi connectivity index (χ4n) is 3.09. The van der Waals surface area contributed by atoms with Gasteiger partial charge in [0, 0.05) is 36.8 Å². The van der Waals surface area contributed by atoms with Crippen LogP contribution >= 0.6 is 11.6 Å². The van der Waals surface area contributed by atoms with Gasteiger partial charge in [-0.3, -0.25) is 19.7 Å². The highest BCUT2D eigenvalue weighted by atomic mass is 35.5. The third kappa shape index (κ3) is 6.10. The number of anilines is 1. The van der Waals surface area contributed by atoms with E-state index in [1.54, 1.807) is 44.3 Å². The molecule has 0 aliphatic heterocycles. The maximum atomic E-state index is 12.9. The van der Waals surface area contributed by atoms with Crippen molar-refractivity contribution in [3.8, 4) is 5.75 Å². The van der Waals surface area contributed by atoms with Crippen molar-refractivity contribution in [2.75, 3.05) is 5.32 Å². The number of ether oxygens (including phenoxy) is 1. The van der Waals surface area contributed by atoms with Gasteiger partial charge in [-0.2, -0.15) is 0 Å². The van der Waals surface area contributed by atoms with E-state index in [1.165, 1.54) is 12.1 Å². The number of rotatable bonds is 9. The van der Waals surface area contributed by atoms with Crippen LogP contribution in [0.5, 0.6) is 5.75 Å². The molecule has 3 aromatic rings. The summed E-state index contributed by atoms with van der Waals surface area (Å²) >= 11 is 5.81. The number of nitrogens with one attached hydrogen (secondary N) is 2. The molecule has 0 saturated heterocycles. The van der Waals surface area contributed by atoms with Crippen molar-refractivity contribution in [2.45, 2.75) is 26.5 Å². The standard InChI is InChI=1S/C23H24ClN5O5/c1-14(2)21(27-22(30)15-4-9-18(24)19(12-15)29(32)33)23(31)26-16-5-7-17(8-6-16)34-13-20-25-10-11-28(20)3/h4-12,14,21H,13H2,1-3H3,(H,26,31)(H,27,30). The van der Waals surface area contributed by atoms with Gasteiger partial charge in [-0.05, 0) is 42.3 Å². The lowest BCUT2D eigenvalue weighted by Crippen LogP contribution is -2.47. The maximum absolute atomic E-state index is 12.9. The van der Waals surface area contributed by atoms with Gasteiger partial charge in [-0.1, -0.05) is 25.4 Å². The van der Waals surface area contributed by atoms with E-state index in [0.29, 0.717) is 18.0 Å². The molecule has 2 N–H and O–H groups in total. The third-order valence-electron chi connectivity index (χ3n) is 5.05. The zero-order valence-electron chi connectivity index (χ0n) is 18.8. The molecule has 0 spiro atoms. The lowest BCUT2D eigenvalue weighted by atomic mass is 10.0. The summed E-state index contributed by atoms with van der Waals surface area (Å²) in [4.78, 5) is 40.1. The zero-order chi connectivity index (χ0) is 24.8. The van der Waals surface area contributed by atoms with Crippen LogP contribution in [-0.2, 0) is 18.4 Å². The molecule has 0 saturated carbocycles. The molecule has 1 atom stereocenters. The number of nitro groups is 1. The van der Waals surface area contributed by atoms with Crippen LogP contribution < -0.4 is 15.4 Å². The highest BCUT2D eigenvalue weighted by Crippen LogP contribution is 2.25.